The number of pyridine rings is 1. The Morgan fingerprint density at radius 1 is 1.23 bits per heavy atom. The lowest BCUT2D eigenvalue weighted by Crippen LogP contribution is -2.49. The molecule has 2 heterocycles. The lowest BCUT2D eigenvalue weighted by Gasteiger charge is -2.36. The molecule has 26 heavy (non-hydrogen) atoms. The van der Waals surface area contributed by atoms with E-state index < -0.39 is 11.6 Å². The molecule has 138 valence electrons. The third-order valence-corrected chi connectivity index (χ3v) is 5.00. The van der Waals surface area contributed by atoms with E-state index in [-0.39, 0.29) is 11.4 Å². The number of anilines is 1. The molecule has 1 aromatic heterocycles. The van der Waals surface area contributed by atoms with Gasteiger partial charge in [0.2, 0.25) is 5.91 Å². The minimum Gasteiger partial charge on any atom is -0.368 e. The van der Waals surface area contributed by atoms with E-state index in [1.165, 1.54) is 0 Å². The van der Waals surface area contributed by atoms with E-state index in [2.05, 4.69) is 20.1 Å². The second-order valence-corrected chi connectivity index (χ2v) is 7.15. The topological polar surface area (TPSA) is 48.5 Å². The van der Waals surface area contributed by atoms with Crippen LogP contribution in [0.25, 0.3) is 10.9 Å². The van der Waals surface area contributed by atoms with Gasteiger partial charge < -0.3 is 10.2 Å². The van der Waals surface area contributed by atoms with Crippen molar-refractivity contribution < 1.29 is 13.6 Å². The molecule has 0 unspecified atom stereocenters. The third-order valence-electron chi connectivity index (χ3n) is 5.00. The maximum absolute atomic E-state index is 14.1. The number of benzene rings is 1. The Hall–Kier alpha value is -2.28. The third kappa shape index (κ3) is 3.49. The van der Waals surface area contributed by atoms with Gasteiger partial charge in [0.1, 0.15) is 5.52 Å². The Labute approximate surface area is 151 Å². The van der Waals surface area contributed by atoms with E-state index in [0.717, 1.165) is 50.8 Å². The number of carbonyl (C=O) groups excluding carboxylic acids is 1. The molecule has 1 aliphatic carbocycles. The maximum atomic E-state index is 14.1. The van der Waals surface area contributed by atoms with Crippen molar-refractivity contribution in [3.05, 3.63) is 35.5 Å². The van der Waals surface area contributed by atoms with Crippen LogP contribution < -0.4 is 10.2 Å². The van der Waals surface area contributed by atoms with E-state index in [0.29, 0.717) is 23.7 Å². The summed E-state index contributed by atoms with van der Waals surface area (Å²) in [6, 6.07) is 5.03. The molecule has 0 bridgehead atoms. The summed E-state index contributed by atoms with van der Waals surface area (Å²) in [6.07, 6.45) is 2.18. The molecule has 0 spiro atoms. The minimum absolute atomic E-state index is 0.0752. The Kier molecular flexibility index (Phi) is 4.48. The Morgan fingerprint density at radius 2 is 1.96 bits per heavy atom. The van der Waals surface area contributed by atoms with Crippen LogP contribution in [0.5, 0.6) is 0 Å². The highest BCUT2D eigenvalue weighted by atomic mass is 19.2. The molecule has 2 fully saturated rings. The van der Waals surface area contributed by atoms with Gasteiger partial charge in [0.15, 0.2) is 11.6 Å². The molecule has 2 aliphatic rings. The number of nitrogens with one attached hydrogen (secondary N) is 1. The fourth-order valence-electron chi connectivity index (χ4n) is 3.45. The number of carbonyl (C=O) groups is 1. The number of halogens is 2. The van der Waals surface area contributed by atoms with Gasteiger partial charge in [-0.25, -0.2) is 13.8 Å². The molecule has 1 N–H and O–H groups in total. The number of rotatable bonds is 4. The monoisotopic (exact) mass is 360 g/mol. The van der Waals surface area contributed by atoms with Gasteiger partial charge in [-0.05, 0) is 38.0 Å². The molecule has 4 rings (SSSR count). The highest BCUT2D eigenvalue weighted by molar-refractivity contribution is 5.92. The Balaban J connectivity index is 1.49. The van der Waals surface area contributed by atoms with Crippen molar-refractivity contribution in [2.45, 2.75) is 25.8 Å². The van der Waals surface area contributed by atoms with Crippen LogP contribution in [0.2, 0.25) is 0 Å². The molecule has 7 heteroatoms. The number of hydrogen-bond acceptors (Lipinski definition) is 4. The van der Waals surface area contributed by atoms with Gasteiger partial charge in [0.25, 0.3) is 0 Å². The smallest absolute Gasteiger partial charge is 0.234 e. The zero-order valence-corrected chi connectivity index (χ0v) is 14.8. The molecule has 1 saturated carbocycles. The molecule has 0 atom stereocenters. The summed E-state index contributed by atoms with van der Waals surface area (Å²) in [5.41, 5.74) is 1.60. The van der Waals surface area contributed by atoms with Crippen molar-refractivity contribution in [3.8, 4) is 0 Å². The fraction of sp³-hybridized carbons (Fsp3) is 0.474. The van der Waals surface area contributed by atoms with E-state index in [1.54, 1.807) is 13.0 Å². The predicted octanol–water partition coefficient (Wildman–Crippen LogP) is 2.22. The van der Waals surface area contributed by atoms with Crippen molar-refractivity contribution in [2.75, 3.05) is 37.6 Å². The highest BCUT2D eigenvalue weighted by Gasteiger charge is 2.26. The number of fused-ring (bicyclic) bond motifs is 1. The molecule has 1 saturated heterocycles. The van der Waals surface area contributed by atoms with Gasteiger partial charge in [0, 0.05) is 49.0 Å². The number of aryl methyl sites for hydroxylation is 1. The zero-order valence-electron chi connectivity index (χ0n) is 14.8. The van der Waals surface area contributed by atoms with Gasteiger partial charge in [-0.2, -0.15) is 0 Å². The molecule has 0 radical (unpaired) electrons. The zero-order chi connectivity index (χ0) is 18.3. The average molecular weight is 360 g/mol. The second-order valence-electron chi connectivity index (χ2n) is 7.15. The van der Waals surface area contributed by atoms with Gasteiger partial charge in [-0.15, -0.1) is 0 Å². The highest BCUT2D eigenvalue weighted by Crippen LogP contribution is 2.30. The predicted molar refractivity (Wildman–Crippen MR) is 96.2 cm³/mol. The number of hydrogen-bond donors (Lipinski definition) is 1. The van der Waals surface area contributed by atoms with Crippen molar-refractivity contribution in [2.24, 2.45) is 0 Å². The van der Waals surface area contributed by atoms with E-state index >= 15 is 0 Å². The lowest BCUT2D eigenvalue weighted by atomic mass is 10.1. The van der Waals surface area contributed by atoms with Crippen LogP contribution in [0.15, 0.2) is 18.2 Å². The summed E-state index contributed by atoms with van der Waals surface area (Å²) in [5.74, 6) is -1.69. The molecular weight excluding hydrogens is 338 g/mol. The van der Waals surface area contributed by atoms with Crippen molar-refractivity contribution in [1.29, 1.82) is 0 Å². The summed E-state index contributed by atoms with van der Waals surface area (Å²) in [5, 5.41) is 3.63. The minimum atomic E-state index is -0.900. The largest absolute Gasteiger partial charge is 0.368 e. The molecule has 1 aliphatic heterocycles. The quantitative estimate of drug-likeness (QED) is 0.908. The van der Waals surface area contributed by atoms with Crippen LogP contribution in [0, 0.1) is 18.6 Å². The second kappa shape index (κ2) is 6.79. The van der Waals surface area contributed by atoms with Gasteiger partial charge in [-0.1, -0.05) is 0 Å². The van der Waals surface area contributed by atoms with Crippen molar-refractivity contribution >= 4 is 22.5 Å². The normalized spacial score (nSPS) is 18.3. The van der Waals surface area contributed by atoms with Crippen LogP contribution in [0.4, 0.5) is 14.5 Å². The summed E-state index contributed by atoms with van der Waals surface area (Å²) in [6.45, 7) is 5.17. The number of nitrogens with zero attached hydrogens (tertiary/aromatic N) is 3. The lowest BCUT2D eigenvalue weighted by molar-refractivity contribution is -0.122. The number of piperazine rings is 1. The van der Waals surface area contributed by atoms with Crippen molar-refractivity contribution in [1.82, 2.24) is 15.2 Å². The standard InChI is InChI=1S/C19H22F2N4O/c1-12-10-16(14-4-5-15(20)18(21)19(14)22-12)25-8-6-24(7-9-25)11-17(26)23-13-2-3-13/h4-5,10,13H,2-3,6-9,11H2,1H3,(H,23,26). The first-order chi connectivity index (χ1) is 12.5. The van der Waals surface area contributed by atoms with E-state index in [4.69, 9.17) is 0 Å². The van der Waals surface area contributed by atoms with Crippen molar-refractivity contribution in [3.63, 3.8) is 0 Å². The summed E-state index contributed by atoms with van der Waals surface area (Å²) >= 11 is 0. The van der Waals surface area contributed by atoms with Gasteiger partial charge in [-0.3, -0.25) is 9.69 Å². The first-order valence-electron chi connectivity index (χ1n) is 9.03. The summed E-state index contributed by atoms with van der Waals surface area (Å²) in [7, 11) is 0. The fourth-order valence-corrected chi connectivity index (χ4v) is 3.45. The SMILES string of the molecule is Cc1cc(N2CCN(CC(=O)NC3CC3)CC2)c2ccc(F)c(F)c2n1. The maximum Gasteiger partial charge on any atom is 0.234 e. The Bertz CT molecular complexity index is 845. The molecular formula is C19H22F2N4O. The van der Waals surface area contributed by atoms with Crippen LogP contribution in [-0.4, -0.2) is 54.6 Å². The number of aromatic nitrogens is 1. The van der Waals surface area contributed by atoms with Crippen LogP contribution in [-0.2, 0) is 4.79 Å². The summed E-state index contributed by atoms with van der Waals surface area (Å²) < 4.78 is 27.7. The molecule has 1 amide bonds. The first kappa shape index (κ1) is 17.1. The van der Waals surface area contributed by atoms with Crippen LogP contribution in [0.3, 0.4) is 0 Å². The van der Waals surface area contributed by atoms with E-state index in [1.807, 2.05) is 6.07 Å². The van der Waals surface area contributed by atoms with Crippen LogP contribution >= 0.6 is 0 Å². The molecule has 5 nitrogen and oxygen atoms in total. The number of amides is 1. The molecule has 1 aromatic carbocycles. The first-order valence-corrected chi connectivity index (χ1v) is 9.03. The van der Waals surface area contributed by atoms with Crippen LogP contribution in [0.1, 0.15) is 18.5 Å². The average Bonchev–Trinajstić information content (AvgIpc) is 3.42. The summed E-state index contributed by atoms with van der Waals surface area (Å²) in [4.78, 5) is 20.4. The Morgan fingerprint density at radius 3 is 2.65 bits per heavy atom. The van der Waals surface area contributed by atoms with Gasteiger partial charge >= 0.3 is 0 Å². The van der Waals surface area contributed by atoms with Gasteiger partial charge in [0.05, 0.1) is 6.54 Å². The van der Waals surface area contributed by atoms with E-state index in [9.17, 15) is 13.6 Å². The molecule has 2 aromatic rings.